The van der Waals surface area contributed by atoms with Gasteiger partial charge in [-0.15, -0.1) is 0 Å². The third kappa shape index (κ3) is 1.58. The third-order valence-corrected chi connectivity index (χ3v) is 5.49. The zero-order chi connectivity index (χ0) is 15.8. The van der Waals surface area contributed by atoms with Gasteiger partial charge in [-0.05, 0) is 34.4 Å². The largest absolute Gasteiger partial charge is 0.354 e. The maximum Gasteiger partial charge on any atom is 0.0512 e. The van der Waals surface area contributed by atoms with E-state index in [-0.39, 0.29) is 5.41 Å². The molecule has 0 fully saturated rings. The summed E-state index contributed by atoms with van der Waals surface area (Å²) in [6.07, 6.45) is 0. The molecule has 0 spiro atoms. The number of nitrogens with one attached hydrogen (secondary N) is 1. The minimum Gasteiger partial charge on any atom is -0.354 e. The quantitative estimate of drug-likeness (QED) is 0.393. The van der Waals surface area contributed by atoms with Crippen LogP contribution >= 0.6 is 11.6 Å². The Hall–Kier alpha value is -2.25. The molecule has 1 nitrogen and oxygen atoms in total. The molecule has 23 heavy (non-hydrogen) atoms. The lowest BCUT2D eigenvalue weighted by molar-refractivity contribution is 0.665. The molecule has 4 aromatic rings. The van der Waals surface area contributed by atoms with Gasteiger partial charge in [-0.3, -0.25) is 0 Å². The zero-order valence-electron chi connectivity index (χ0n) is 13.1. The summed E-state index contributed by atoms with van der Waals surface area (Å²) in [5, 5.41) is 3.28. The summed E-state index contributed by atoms with van der Waals surface area (Å²) >= 11 is 6.17. The predicted molar refractivity (Wildman–Crippen MR) is 98.4 cm³/mol. The van der Waals surface area contributed by atoms with E-state index in [1.807, 2.05) is 12.1 Å². The van der Waals surface area contributed by atoms with E-state index < -0.39 is 0 Å². The Kier molecular flexibility index (Phi) is 2.40. The van der Waals surface area contributed by atoms with Gasteiger partial charge >= 0.3 is 0 Å². The Morgan fingerprint density at radius 3 is 2.52 bits per heavy atom. The molecule has 0 aliphatic heterocycles. The van der Waals surface area contributed by atoms with Crippen molar-refractivity contribution in [3.8, 4) is 11.1 Å². The highest BCUT2D eigenvalue weighted by molar-refractivity contribution is 6.31. The Labute approximate surface area is 139 Å². The van der Waals surface area contributed by atoms with Gasteiger partial charge in [0, 0.05) is 26.7 Å². The van der Waals surface area contributed by atoms with Gasteiger partial charge in [0.2, 0.25) is 0 Å². The average Bonchev–Trinajstić information content (AvgIpc) is 3.01. The second-order valence-corrected chi connectivity index (χ2v) is 7.33. The molecule has 0 atom stereocenters. The Morgan fingerprint density at radius 1 is 0.870 bits per heavy atom. The van der Waals surface area contributed by atoms with Crippen molar-refractivity contribution in [3.63, 3.8) is 0 Å². The normalized spacial score (nSPS) is 15.1. The van der Waals surface area contributed by atoms with E-state index >= 15 is 0 Å². The fourth-order valence-electron chi connectivity index (χ4n) is 4.22. The first kappa shape index (κ1) is 13.2. The van der Waals surface area contributed by atoms with Gasteiger partial charge in [0.05, 0.1) is 5.52 Å². The van der Waals surface area contributed by atoms with Crippen molar-refractivity contribution >= 4 is 33.4 Å². The SMILES string of the molecule is CC1(C)c2ccccc2-c2ccc3c([nH]c4cc(Cl)ccc43)c21. The molecule has 1 N–H and O–H groups in total. The highest BCUT2D eigenvalue weighted by Gasteiger charge is 2.37. The second kappa shape index (κ2) is 4.18. The smallest absolute Gasteiger partial charge is 0.0512 e. The van der Waals surface area contributed by atoms with E-state index in [1.165, 1.54) is 38.5 Å². The molecule has 0 unspecified atom stereocenters. The molecule has 5 rings (SSSR count). The molecule has 0 saturated carbocycles. The van der Waals surface area contributed by atoms with Crippen LogP contribution in [0.25, 0.3) is 32.9 Å². The van der Waals surface area contributed by atoms with E-state index in [0.29, 0.717) is 0 Å². The molecule has 1 aliphatic rings. The number of H-pyrrole nitrogens is 1. The predicted octanol–water partition coefficient (Wildman–Crippen LogP) is 6.28. The molecule has 1 aromatic heterocycles. The third-order valence-electron chi connectivity index (χ3n) is 5.25. The fourth-order valence-corrected chi connectivity index (χ4v) is 4.39. The maximum atomic E-state index is 6.17. The van der Waals surface area contributed by atoms with Crippen molar-refractivity contribution in [2.45, 2.75) is 19.3 Å². The molecule has 112 valence electrons. The van der Waals surface area contributed by atoms with Gasteiger partial charge in [0.1, 0.15) is 0 Å². The van der Waals surface area contributed by atoms with Gasteiger partial charge < -0.3 is 4.98 Å². The maximum absolute atomic E-state index is 6.17. The van der Waals surface area contributed by atoms with Gasteiger partial charge in [0.25, 0.3) is 0 Å². The summed E-state index contributed by atoms with van der Waals surface area (Å²) in [6.45, 7) is 4.63. The number of fused-ring (bicyclic) bond motifs is 7. The van der Waals surface area contributed by atoms with Crippen LogP contribution < -0.4 is 0 Å². The van der Waals surface area contributed by atoms with Crippen molar-refractivity contribution in [1.29, 1.82) is 0 Å². The highest BCUT2D eigenvalue weighted by atomic mass is 35.5. The number of halogens is 1. The van der Waals surface area contributed by atoms with Gasteiger partial charge in [-0.2, -0.15) is 0 Å². The number of hydrogen-bond acceptors (Lipinski definition) is 0. The molecule has 0 radical (unpaired) electrons. The first-order valence-electron chi connectivity index (χ1n) is 7.92. The van der Waals surface area contributed by atoms with Crippen LogP contribution in [0.2, 0.25) is 5.02 Å². The van der Waals surface area contributed by atoms with Crippen molar-refractivity contribution in [2.75, 3.05) is 0 Å². The van der Waals surface area contributed by atoms with Gasteiger partial charge in [-0.25, -0.2) is 0 Å². The van der Waals surface area contributed by atoms with E-state index in [9.17, 15) is 0 Å². The first-order chi connectivity index (χ1) is 11.1. The molecular weight excluding hydrogens is 302 g/mol. The molecule has 1 heterocycles. The minimum absolute atomic E-state index is 0.00386. The lowest BCUT2D eigenvalue weighted by Crippen LogP contribution is -2.15. The van der Waals surface area contributed by atoms with Gasteiger partial charge in [-0.1, -0.05) is 67.9 Å². The van der Waals surface area contributed by atoms with Crippen LogP contribution in [-0.4, -0.2) is 4.98 Å². The summed E-state index contributed by atoms with van der Waals surface area (Å²) in [6, 6.07) is 19.3. The van der Waals surface area contributed by atoms with Crippen LogP contribution in [-0.2, 0) is 5.41 Å². The van der Waals surface area contributed by atoms with E-state index in [1.54, 1.807) is 0 Å². The van der Waals surface area contributed by atoms with Crippen LogP contribution in [0.15, 0.2) is 54.6 Å². The number of hydrogen-bond donors (Lipinski definition) is 1. The fraction of sp³-hybridized carbons (Fsp3) is 0.143. The summed E-state index contributed by atoms with van der Waals surface area (Å²) < 4.78 is 0. The van der Waals surface area contributed by atoms with Crippen LogP contribution in [0.1, 0.15) is 25.0 Å². The van der Waals surface area contributed by atoms with Gasteiger partial charge in [0.15, 0.2) is 0 Å². The number of aromatic amines is 1. The summed E-state index contributed by atoms with van der Waals surface area (Å²) in [7, 11) is 0. The zero-order valence-corrected chi connectivity index (χ0v) is 13.8. The lowest BCUT2D eigenvalue weighted by Gasteiger charge is -2.22. The van der Waals surface area contributed by atoms with E-state index in [2.05, 4.69) is 61.3 Å². The van der Waals surface area contributed by atoms with Crippen LogP contribution in [0.4, 0.5) is 0 Å². The van der Waals surface area contributed by atoms with Crippen molar-refractivity contribution in [2.24, 2.45) is 0 Å². The molecule has 3 aromatic carbocycles. The van der Waals surface area contributed by atoms with Crippen molar-refractivity contribution in [1.82, 2.24) is 4.98 Å². The van der Waals surface area contributed by atoms with E-state index in [0.717, 1.165) is 10.5 Å². The standard InChI is InChI=1S/C21H16ClN/c1-21(2)17-6-4-3-5-13(17)15-9-10-16-14-8-7-12(22)11-18(14)23-20(16)19(15)21/h3-11,23H,1-2H3. The highest BCUT2D eigenvalue weighted by Crippen LogP contribution is 2.51. The summed E-state index contributed by atoms with van der Waals surface area (Å²) in [4.78, 5) is 3.63. The van der Waals surface area contributed by atoms with Crippen molar-refractivity contribution < 1.29 is 0 Å². The monoisotopic (exact) mass is 317 g/mol. The Bertz CT molecular complexity index is 1100. The minimum atomic E-state index is -0.00386. The Balaban J connectivity index is 1.97. The molecule has 0 bridgehead atoms. The Morgan fingerprint density at radius 2 is 1.65 bits per heavy atom. The molecule has 0 amide bonds. The van der Waals surface area contributed by atoms with Crippen LogP contribution in [0.5, 0.6) is 0 Å². The topological polar surface area (TPSA) is 15.8 Å². The molecule has 1 aliphatic carbocycles. The lowest BCUT2D eigenvalue weighted by atomic mass is 9.81. The number of rotatable bonds is 0. The van der Waals surface area contributed by atoms with E-state index in [4.69, 9.17) is 11.6 Å². The number of benzene rings is 3. The number of aromatic nitrogens is 1. The first-order valence-corrected chi connectivity index (χ1v) is 8.29. The van der Waals surface area contributed by atoms with Crippen LogP contribution in [0, 0.1) is 0 Å². The van der Waals surface area contributed by atoms with Crippen molar-refractivity contribution in [3.05, 3.63) is 70.7 Å². The van der Waals surface area contributed by atoms with Crippen LogP contribution in [0.3, 0.4) is 0 Å². The second-order valence-electron chi connectivity index (χ2n) is 6.90. The summed E-state index contributed by atoms with van der Waals surface area (Å²) in [5.74, 6) is 0. The average molecular weight is 318 g/mol. The molecular formula is C21H16ClN. The molecule has 2 heteroatoms. The molecule has 0 saturated heterocycles. The summed E-state index contributed by atoms with van der Waals surface area (Å²) in [5.41, 5.74) is 7.83.